The monoisotopic (exact) mass is 267 g/mol. The summed E-state index contributed by atoms with van der Waals surface area (Å²) in [4.78, 5) is 16.2. The molecule has 0 unspecified atom stereocenters. The minimum absolute atomic E-state index is 0.462. The van der Waals surface area contributed by atoms with E-state index in [4.69, 9.17) is 11.6 Å². The van der Waals surface area contributed by atoms with Crippen molar-refractivity contribution >= 4 is 27.7 Å². The Morgan fingerprint density at radius 1 is 0.947 bits per heavy atom. The van der Waals surface area contributed by atoms with Crippen LogP contribution >= 0.6 is 11.6 Å². The lowest BCUT2D eigenvalue weighted by molar-refractivity contribution is 0.108. The van der Waals surface area contributed by atoms with E-state index in [0.29, 0.717) is 5.56 Å². The van der Waals surface area contributed by atoms with Crippen molar-refractivity contribution in [2.75, 3.05) is 0 Å². The Hall–Kier alpha value is -2.19. The van der Waals surface area contributed by atoms with Gasteiger partial charge in [0, 0.05) is 16.5 Å². The van der Waals surface area contributed by atoms with Crippen molar-refractivity contribution in [3.8, 4) is 11.3 Å². The first-order chi connectivity index (χ1) is 9.25. The third-order valence-corrected chi connectivity index (χ3v) is 3.20. The van der Waals surface area contributed by atoms with Gasteiger partial charge in [-0.25, -0.2) is 4.98 Å². The average molecular weight is 268 g/mol. The first-order valence-corrected chi connectivity index (χ1v) is 6.28. The van der Waals surface area contributed by atoms with Gasteiger partial charge in [0.25, 0.3) is 5.24 Å². The second-order valence-electron chi connectivity index (χ2n) is 4.21. The number of aromatic nitrogens is 1. The first kappa shape index (κ1) is 11.9. The molecular weight excluding hydrogens is 258 g/mol. The maximum absolute atomic E-state index is 11.6. The molecule has 3 aromatic rings. The number of benzene rings is 2. The van der Waals surface area contributed by atoms with E-state index in [1.165, 1.54) is 0 Å². The summed E-state index contributed by atoms with van der Waals surface area (Å²) in [6.45, 7) is 0. The molecule has 92 valence electrons. The standard InChI is InChI=1S/C16H10ClNO/c17-16(19)13-10-15(11-6-2-1-3-7-11)18-14-9-5-4-8-12(13)14/h1-10H. The molecule has 3 rings (SSSR count). The molecule has 0 saturated heterocycles. The summed E-state index contributed by atoms with van der Waals surface area (Å²) < 4.78 is 0. The van der Waals surface area contributed by atoms with E-state index < -0.39 is 5.24 Å². The zero-order valence-corrected chi connectivity index (χ0v) is 10.8. The highest BCUT2D eigenvalue weighted by molar-refractivity contribution is 6.68. The van der Waals surface area contributed by atoms with E-state index in [2.05, 4.69) is 4.98 Å². The fourth-order valence-corrected chi connectivity index (χ4v) is 2.25. The highest BCUT2D eigenvalue weighted by Crippen LogP contribution is 2.25. The van der Waals surface area contributed by atoms with Gasteiger partial charge in [-0.2, -0.15) is 0 Å². The third kappa shape index (κ3) is 2.23. The minimum Gasteiger partial charge on any atom is -0.276 e. The SMILES string of the molecule is O=C(Cl)c1cc(-c2ccccc2)nc2ccccc12. The van der Waals surface area contributed by atoms with Crippen molar-refractivity contribution in [2.45, 2.75) is 0 Å². The second-order valence-corrected chi connectivity index (χ2v) is 4.56. The van der Waals surface area contributed by atoms with E-state index in [1.54, 1.807) is 6.07 Å². The van der Waals surface area contributed by atoms with Crippen LogP contribution in [0.5, 0.6) is 0 Å². The number of fused-ring (bicyclic) bond motifs is 1. The lowest BCUT2D eigenvalue weighted by Gasteiger charge is -2.06. The summed E-state index contributed by atoms with van der Waals surface area (Å²) in [6, 6.07) is 19.0. The molecule has 3 heteroatoms. The normalized spacial score (nSPS) is 10.6. The molecule has 0 spiro atoms. The molecule has 0 radical (unpaired) electrons. The third-order valence-electron chi connectivity index (χ3n) is 3.00. The predicted octanol–water partition coefficient (Wildman–Crippen LogP) is 4.28. The van der Waals surface area contributed by atoms with Crippen LogP contribution in [-0.2, 0) is 0 Å². The van der Waals surface area contributed by atoms with Crippen LogP contribution < -0.4 is 0 Å². The Kier molecular flexibility index (Phi) is 3.02. The quantitative estimate of drug-likeness (QED) is 0.649. The molecule has 0 saturated carbocycles. The molecule has 0 aliphatic carbocycles. The van der Waals surface area contributed by atoms with E-state index in [0.717, 1.165) is 22.2 Å². The second kappa shape index (κ2) is 4.82. The van der Waals surface area contributed by atoms with Crippen molar-refractivity contribution in [3.05, 3.63) is 66.2 Å². The molecule has 0 fully saturated rings. The highest BCUT2D eigenvalue weighted by atomic mass is 35.5. The van der Waals surface area contributed by atoms with E-state index in [9.17, 15) is 4.79 Å². The number of halogens is 1. The Morgan fingerprint density at radius 2 is 1.63 bits per heavy atom. The van der Waals surface area contributed by atoms with Gasteiger partial charge in [0.05, 0.1) is 11.2 Å². The van der Waals surface area contributed by atoms with Crippen molar-refractivity contribution in [3.63, 3.8) is 0 Å². The summed E-state index contributed by atoms with van der Waals surface area (Å²) in [6.07, 6.45) is 0. The fourth-order valence-electron chi connectivity index (χ4n) is 2.09. The van der Waals surface area contributed by atoms with Crippen molar-refractivity contribution in [1.82, 2.24) is 4.98 Å². The van der Waals surface area contributed by atoms with E-state index in [-0.39, 0.29) is 0 Å². The molecule has 0 bridgehead atoms. The van der Waals surface area contributed by atoms with Crippen molar-refractivity contribution in [2.24, 2.45) is 0 Å². The lowest BCUT2D eigenvalue weighted by atomic mass is 10.0. The number of pyridine rings is 1. The molecular formula is C16H10ClNO. The lowest BCUT2D eigenvalue weighted by Crippen LogP contribution is -1.95. The Balaban J connectivity index is 2.31. The molecule has 1 aromatic heterocycles. The molecule has 0 aliphatic heterocycles. The van der Waals surface area contributed by atoms with Crippen LogP contribution in [0, 0.1) is 0 Å². The summed E-state index contributed by atoms with van der Waals surface area (Å²) in [5.41, 5.74) is 2.98. The minimum atomic E-state index is -0.462. The van der Waals surface area contributed by atoms with Crippen LogP contribution in [0.4, 0.5) is 0 Å². The van der Waals surface area contributed by atoms with Gasteiger partial charge in [0.1, 0.15) is 0 Å². The maximum atomic E-state index is 11.6. The smallest absolute Gasteiger partial charge is 0.253 e. The molecule has 0 amide bonds. The van der Waals surface area contributed by atoms with Gasteiger partial charge < -0.3 is 0 Å². The van der Waals surface area contributed by atoms with Crippen LogP contribution in [0.3, 0.4) is 0 Å². The number of nitrogens with zero attached hydrogens (tertiary/aromatic N) is 1. The Morgan fingerprint density at radius 3 is 2.37 bits per heavy atom. The van der Waals surface area contributed by atoms with Crippen molar-refractivity contribution < 1.29 is 4.79 Å². The number of rotatable bonds is 2. The number of para-hydroxylation sites is 1. The van der Waals surface area contributed by atoms with Gasteiger partial charge in [0.15, 0.2) is 0 Å². The van der Waals surface area contributed by atoms with Crippen LogP contribution in [0.2, 0.25) is 0 Å². The molecule has 0 atom stereocenters. The van der Waals surface area contributed by atoms with E-state index in [1.807, 2.05) is 54.6 Å². The zero-order chi connectivity index (χ0) is 13.2. The molecule has 0 aliphatic rings. The molecule has 1 heterocycles. The molecule has 0 N–H and O–H groups in total. The fraction of sp³-hybridized carbons (Fsp3) is 0. The molecule has 19 heavy (non-hydrogen) atoms. The first-order valence-electron chi connectivity index (χ1n) is 5.91. The average Bonchev–Trinajstić information content (AvgIpc) is 2.47. The van der Waals surface area contributed by atoms with Crippen LogP contribution in [-0.4, -0.2) is 10.2 Å². The van der Waals surface area contributed by atoms with Gasteiger partial charge in [-0.15, -0.1) is 0 Å². The van der Waals surface area contributed by atoms with Gasteiger partial charge in [-0.1, -0.05) is 48.5 Å². The Bertz CT molecular complexity index is 753. The zero-order valence-electron chi connectivity index (χ0n) is 10.0. The molecule has 2 nitrogen and oxygen atoms in total. The van der Waals surface area contributed by atoms with Crippen LogP contribution in [0.25, 0.3) is 22.2 Å². The Labute approximate surface area is 115 Å². The van der Waals surface area contributed by atoms with Crippen molar-refractivity contribution in [1.29, 1.82) is 0 Å². The molecule has 2 aromatic carbocycles. The topological polar surface area (TPSA) is 30.0 Å². The number of carbonyl (C=O) groups excluding carboxylic acids is 1. The number of hydrogen-bond acceptors (Lipinski definition) is 2. The van der Waals surface area contributed by atoms with E-state index >= 15 is 0 Å². The van der Waals surface area contributed by atoms with Gasteiger partial charge in [-0.3, -0.25) is 4.79 Å². The summed E-state index contributed by atoms with van der Waals surface area (Å²) in [7, 11) is 0. The maximum Gasteiger partial charge on any atom is 0.253 e. The van der Waals surface area contributed by atoms with Gasteiger partial charge in [-0.05, 0) is 23.7 Å². The summed E-state index contributed by atoms with van der Waals surface area (Å²) in [5, 5.41) is 0.318. The number of carbonyl (C=O) groups is 1. The highest BCUT2D eigenvalue weighted by Gasteiger charge is 2.11. The van der Waals surface area contributed by atoms with Crippen LogP contribution in [0.1, 0.15) is 10.4 Å². The van der Waals surface area contributed by atoms with Gasteiger partial charge >= 0.3 is 0 Å². The summed E-state index contributed by atoms with van der Waals surface area (Å²) >= 11 is 5.67. The predicted molar refractivity (Wildman–Crippen MR) is 77.4 cm³/mol. The largest absolute Gasteiger partial charge is 0.276 e. The van der Waals surface area contributed by atoms with Crippen LogP contribution in [0.15, 0.2) is 60.7 Å². The van der Waals surface area contributed by atoms with Gasteiger partial charge in [0.2, 0.25) is 0 Å². The summed E-state index contributed by atoms with van der Waals surface area (Å²) in [5.74, 6) is 0. The number of hydrogen-bond donors (Lipinski definition) is 0.